The van der Waals surface area contributed by atoms with Crippen LogP contribution in [0.4, 0.5) is 4.39 Å². The molecule has 1 aromatic carbocycles. The Morgan fingerprint density at radius 3 is 2.57 bits per heavy atom. The zero-order valence-electron chi connectivity index (χ0n) is 11.1. The van der Waals surface area contributed by atoms with E-state index in [0.29, 0.717) is 12.8 Å². The van der Waals surface area contributed by atoms with E-state index in [-0.39, 0.29) is 18.1 Å². The van der Waals surface area contributed by atoms with Crippen molar-refractivity contribution >= 4 is 10.0 Å². The van der Waals surface area contributed by atoms with Crippen molar-refractivity contribution in [1.29, 1.82) is 0 Å². The smallest absolute Gasteiger partial charge is 0.214 e. The van der Waals surface area contributed by atoms with E-state index >= 15 is 0 Å². The highest BCUT2D eigenvalue weighted by Gasteiger charge is 2.47. The molecular weight excluding hydrogens is 297 g/mol. The van der Waals surface area contributed by atoms with Crippen molar-refractivity contribution in [2.24, 2.45) is 0 Å². The van der Waals surface area contributed by atoms with Gasteiger partial charge in [0.25, 0.3) is 0 Å². The van der Waals surface area contributed by atoms with Crippen LogP contribution >= 0.6 is 0 Å². The summed E-state index contributed by atoms with van der Waals surface area (Å²) in [5, 5.41) is 10.5. The predicted octanol–water partition coefficient (Wildman–Crippen LogP) is 0.421. The molecule has 3 rings (SSSR count). The molecule has 0 bridgehead atoms. The minimum Gasteiger partial charge on any atom is -0.231 e. The Kier molecular flexibility index (Phi) is 3.46. The summed E-state index contributed by atoms with van der Waals surface area (Å²) in [5.41, 5.74) is 0.197. The standard InChI is InChI=1S/C12H14FN5O2S/c13-11-3-1-10(2-4-11)12(5-6-12)15-21(19,20)8-7-18-9-14-16-17-18/h1-4,9,15H,5-8H2. The lowest BCUT2D eigenvalue weighted by Gasteiger charge is -2.18. The molecule has 112 valence electrons. The maximum atomic E-state index is 13.0. The van der Waals surface area contributed by atoms with Gasteiger partial charge in [0.1, 0.15) is 12.1 Å². The van der Waals surface area contributed by atoms with Crippen LogP contribution in [-0.2, 0) is 22.1 Å². The summed E-state index contributed by atoms with van der Waals surface area (Å²) in [7, 11) is -3.47. The molecule has 1 fully saturated rings. The van der Waals surface area contributed by atoms with Gasteiger partial charge in [-0.25, -0.2) is 22.2 Å². The van der Waals surface area contributed by atoms with Crippen molar-refractivity contribution in [1.82, 2.24) is 24.9 Å². The molecule has 1 aromatic heterocycles. The molecule has 7 nitrogen and oxygen atoms in total. The van der Waals surface area contributed by atoms with Crippen LogP contribution in [0, 0.1) is 5.82 Å². The fraction of sp³-hybridized carbons (Fsp3) is 0.417. The number of nitrogens with zero attached hydrogens (tertiary/aromatic N) is 4. The first-order chi connectivity index (χ1) is 9.99. The Balaban J connectivity index is 1.68. The second kappa shape index (κ2) is 5.15. The second-order valence-electron chi connectivity index (χ2n) is 5.08. The molecule has 9 heteroatoms. The average molecular weight is 311 g/mol. The summed E-state index contributed by atoms with van der Waals surface area (Å²) < 4.78 is 41.3. The maximum Gasteiger partial charge on any atom is 0.214 e. The number of hydrogen-bond donors (Lipinski definition) is 1. The number of benzene rings is 1. The number of tetrazole rings is 1. The topological polar surface area (TPSA) is 89.8 Å². The van der Waals surface area contributed by atoms with Crippen molar-refractivity contribution < 1.29 is 12.8 Å². The van der Waals surface area contributed by atoms with Crippen molar-refractivity contribution in [2.75, 3.05) is 5.75 Å². The minimum absolute atomic E-state index is 0.110. The quantitative estimate of drug-likeness (QED) is 0.835. The number of aromatic nitrogens is 4. The van der Waals surface area contributed by atoms with Gasteiger partial charge in [0.2, 0.25) is 10.0 Å². The molecule has 1 aliphatic rings. The SMILES string of the molecule is O=S(=O)(CCn1cnnn1)NC1(c2ccc(F)cc2)CC1. The van der Waals surface area contributed by atoms with Gasteiger partial charge in [-0.2, -0.15) is 0 Å². The van der Waals surface area contributed by atoms with Gasteiger partial charge in [-0.15, -0.1) is 5.10 Å². The highest BCUT2D eigenvalue weighted by molar-refractivity contribution is 7.89. The van der Waals surface area contributed by atoms with Crippen LogP contribution in [0.3, 0.4) is 0 Å². The first kappa shape index (κ1) is 14.1. The predicted molar refractivity (Wildman–Crippen MR) is 72.1 cm³/mol. The number of aryl methyl sites for hydroxylation is 1. The maximum absolute atomic E-state index is 13.0. The van der Waals surface area contributed by atoms with Gasteiger partial charge in [0, 0.05) is 0 Å². The van der Waals surface area contributed by atoms with Crippen LogP contribution in [0.1, 0.15) is 18.4 Å². The van der Waals surface area contributed by atoms with E-state index < -0.39 is 15.6 Å². The van der Waals surface area contributed by atoms with E-state index in [1.807, 2.05) is 0 Å². The molecule has 2 aromatic rings. The fourth-order valence-electron chi connectivity index (χ4n) is 2.19. The normalized spacial score (nSPS) is 16.8. The monoisotopic (exact) mass is 311 g/mol. The highest BCUT2D eigenvalue weighted by atomic mass is 32.2. The van der Waals surface area contributed by atoms with E-state index in [9.17, 15) is 12.8 Å². The molecule has 0 atom stereocenters. The van der Waals surface area contributed by atoms with Gasteiger partial charge in [-0.05, 0) is 41.0 Å². The molecule has 1 N–H and O–H groups in total. The zero-order chi connectivity index (χ0) is 14.9. The van der Waals surface area contributed by atoms with Crippen LogP contribution in [0.15, 0.2) is 30.6 Å². The summed E-state index contributed by atoms with van der Waals surface area (Å²) in [6.07, 6.45) is 2.79. The Labute approximate surface area is 121 Å². The Hall–Kier alpha value is -1.87. The van der Waals surface area contributed by atoms with Crippen LogP contribution in [0.2, 0.25) is 0 Å². The van der Waals surface area contributed by atoms with Crippen LogP contribution in [0.5, 0.6) is 0 Å². The lowest BCUT2D eigenvalue weighted by atomic mass is 10.1. The Morgan fingerprint density at radius 1 is 1.29 bits per heavy atom. The van der Waals surface area contributed by atoms with E-state index in [1.54, 1.807) is 12.1 Å². The molecule has 21 heavy (non-hydrogen) atoms. The minimum atomic E-state index is -3.47. The van der Waals surface area contributed by atoms with Gasteiger partial charge in [-0.1, -0.05) is 12.1 Å². The molecule has 0 amide bonds. The van der Waals surface area contributed by atoms with Gasteiger partial charge in [0.15, 0.2) is 0 Å². The third-order valence-electron chi connectivity index (χ3n) is 3.48. The Bertz CT molecular complexity index is 711. The highest BCUT2D eigenvalue weighted by Crippen LogP contribution is 2.46. The summed E-state index contributed by atoms with van der Waals surface area (Å²) in [6, 6.07) is 5.91. The second-order valence-corrected chi connectivity index (χ2v) is 6.92. The van der Waals surface area contributed by atoms with Crippen molar-refractivity contribution in [2.45, 2.75) is 24.9 Å². The third-order valence-corrected chi connectivity index (χ3v) is 4.90. The van der Waals surface area contributed by atoms with E-state index in [2.05, 4.69) is 20.2 Å². The number of hydrogen-bond acceptors (Lipinski definition) is 5. The van der Waals surface area contributed by atoms with Crippen molar-refractivity contribution in [3.05, 3.63) is 42.0 Å². The number of halogens is 1. The molecule has 1 saturated carbocycles. The largest absolute Gasteiger partial charge is 0.231 e. The summed E-state index contributed by atoms with van der Waals surface area (Å²) in [6.45, 7) is 0.182. The molecule has 0 unspecified atom stereocenters. The Morgan fingerprint density at radius 2 is 2.00 bits per heavy atom. The third kappa shape index (κ3) is 3.24. The van der Waals surface area contributed by atoms with Gasteiger partial charge >= 0.3 is 0 Å². The van der Waals surface area contributed by atoms with E-state index in [1.165, 1.54) is 23.1 Å². The molecule has 1 aliphatic carbocycles. The van der Waals surface area contributed by atoms with Crippen molar-refractivity contribution in [3.63, 3.8) is 0 Å². The van der Waals surface area contributed by atoms with Gasteiger partial charge in [0.05, 0.1) is 17.8 Å². The van der Waals surface area contributed by atoms with Gasteiger partial charge in [-0.3, -0.25) is 0 Å². The van der Waals surface area contributed by atoms with E-state index in [0.717, 1.165) is 5.56 Å². The summed E-state index contributed by atoms with van der Waals surface area (Å²) in [5.74, 6) is -0.447. The number of rotatable bonds is 6. The molecule has 1 heterocycles. The first-order valence-corrected chi connectivity index (χ1v) is 8.13. The lowest BCUT2D eigenvalue weighted by molar-refractivity contribution is 0.538. The van der Waals surface area contributed by atoms with Crippen LogP contribution in [-0.4, -0.2) is 34.4 Å². The van der Waals surface area contributed by atoms with Crippen molar-refractivity contribution in [3.8, 4) is 0 Å². The van der Waals surface area contributed by atoms with Crippen LogP contribution < -0.4 is 4.72 Å². The average Bonchev–Trinajstić information content (AvgIpc) is 3.02. The molecule has 0 saturated heterocycles. The molecule has 0 spiro atoms. The fourth-order valence-corrected chi connectivity index (χ4v) is 3.64. The zero-order valence-corrected chi connectivity index (χ0v) is 11.9. The summed E-state index contributed by atoms with van der Waals surface area (Å²) >= 11 is 0. The van der Waals surface area contributed by atoms with Gasteiger partial charge < -0.3 is 0 Å². The number of nitrogens with one attached hydrogen (secondary N) is 1. The number of sulfonamides is 1. The molecule has 0 radical (unpaired) electrons. The lowest BCUT2D eigenvalue weighted by Crippen LogP contribution is -2.37. The van der Waals surface area contributed by atoms with E-state index in [4.69, 9.17) is 0 Å². The molecular formula is C12H14FN5O2S. The van der Waals surface area contributed by atoms with Crippen LogP contribution in [0.25, 0.3) is 0 Å². The first-order valence-electron chi connectivity index (χ1n) is 6.48. The molecule has 0 aliphatic heterocycles. The summed E-state index contributed by atoms with van der Waals surface area (Å²) in [4.78, 5) is 0.